The first-order valence-electron chi connectivity index (χ1n) is 8.60. The Morgan fingerprint density at radius 3 is 2.46 bits per heavy atom. The van der Waals surface area contributed by atoms with E-state index in [4.69, 9.17) is 4.74 Å². The molecule has 0 aliphatic rings. The number of carbonyl (C=O) groups is 1. The van der Waals surface area contributed by atoms with Crippen LogP contribution in [0.2, 0.25) is 0 Å². The first-order chi connectivity index (χ1) is 13.4. The monoisotopic (exact) mass is 419 g/mol. The lowest BCUT2D eigenvalue weighted by Crippen LogP contribution is -2.42. The maximum atomic E-state index is 12.9. The van der Waals surface area contributed by atoms with Crippen molar-refractivity contribution >= 4 is 42.6 Å². The maximum Gasteiger partial charge on any atom is 0.244 e. The molecule has 3 aromatic rings. The first kappa shape index (κ1) is 20.4. The highest BCUT2D eigenvalue weighted by atomic mass is 32.2. The average molecular weight is 420 g/mol. The number of likely N-dealkylation sites (N-methyl/N-ethyl adjacent to an activating group) is 1. The molecule has 9 heteroatoms. The molecule has 3 rings (SSSR count). The number of thiazole rings is 1. The van der Waals surface area contributed by atoms with Crippen LogP contribution in [-0.4, -0.2) is 57.5 Å². The van der Waals surface area contributed by atoms with Crippen molar-refractivity contribution in [3.63, 3.8) is 0 Å². The van der Waals surface area contributed by atoms with E-state index in [1.165, 1.54) is 35.4 Å². The third-order valence-corrected chi connectivity index (χ3v) is 7.02. The van der Waals surface area contributed by atoms with E-state index in [9.17, 15) is 13.2 Å². The SMILES string of the molecule is COCCN(C(=O)CN(C)S(=O)(=O)c1ccccc1)c1nc2ccccc2s1. The number of anilines is 1. The van der Waals surface area contributed by atoms with Crippen molar-refractivity contribution in [3.05, 3.63) is 54.6 Å². The fraction of sp³-hybridized carbons (Fsp3) is 0.263. The smallest absolute Gasteiger partial charge is 0.244 e. The number of para-hydroxylation sites is 1. The summed E-state index contributed by atoms with van der Waals surface area (Å²) in [6.45, 7) is 0.308. The molecule has 7 nitrogen and oxygen atoms in total. The van der Waals surface area contributed by atoms with E-state index in [0.717, 1.165) is 14.5 Å². The molecule has 0 bridgehead atoms. The van der Waals surface area contributed by atoms with Crippen molar-refractivity contribution in [3.8, 4) is 0 Å². The minimum atomic E-state index is -3.76. The quantitative estimate of drug-likeness (QED) is 0.561. The zero-order valence-electron chi connectivity index (χ0n) is 15.6. The van der Waals surface area contributed by atoms with Gasteiger partial charge < -0.3 is 4.74 Å². The van der Waals surface area contributed by atoms with Crippen LogP contribution < -0.4 is 4.90 Å². The van der Waals surface area contributed by atoms with E-state index in [0.29, 0.717) is 11.7 Å². The number of rotatable bonds is 8. The number of hydrogen-bond acceptors (Lipinski definition) is 6. The summed E-state index contributed by atoms with van der Waals surface area (Å²) in [6.07, 6.45) is 0. The molecule has 0 unspecified atom stereocenters. The molecule has 1 aromatic heterocycles. The van der Waals surface area contributed by atoms with Crippen molar-refractivity contribution in [2.45, 2.75) is 4.90 Å². The summed E-state index contributed by atoms with van der Waals surface area (Å²) in [6, 6.07) is 15.6. The number of sulfonamides is 1. The van der Waals surface area contributed by atoms with E-state index < -0.39 is 10.0 Å². The molecule has 0 spiro atoms. The zero-order valence-corrected chi connectivity index (χ0v) is 17.2. The maximum absolute atomic E-state index is 12.9. The Labute approximate surface area is 168 Å². The van der Waals surface area contributed by atoms with Crippen LogP contribution >= 0.6 is 11.3 Å². The van der Waals surface area contributed by atoms with E-state index >= 15 is 0 Å². The van der Waals surface area contributed by atoms with Crippen LogP contribution in [0.25, 0.3) is 10.2 Å². The zero-order chi connectivity index (χ0) is 20.1. The number of nitrogens with zero attached hydrogens (tertiary/aromatic N) is 3. The highest BCUT2D eigenvalue weighted by Gasteiger charge is 2.27. The number of ether oxygens (including phenoxy) is 1. The van der Waals surface area contributed by atoms with Gasteiger partial charge in [0.1, 0.15) is 0 Å². The predicted molar refractivity (Wildman–Crippen MR) is 110 cm³/mol. The Kier molecular flexibility index (Phi) is 6.40. The number of aromatic nitrogens is 1. The standard InChI is InChI=1S/C19H21N3O4S2/c1-21(28(24,25)15-8-4-3-5-9-15)14-18(23)22(12-13-26-2)19-20-16-10-6-7-11-17(16)27-19/h3-11H,12-14H2,1-2H3. The highest BCUT2D eigenvalue weighted by Crippen LogP contribution is 2.28. The fourth-order valence-electron chi connectivity index (χ4n) is 2.62. The fourth-order valence-corrected chi connectivity index (χ4v) is 4.77. The number of amides is 1. The third kappa shape index (κ3) is 4.39. The van der Waals surface area contributed by atoms with Gasteiger partial charge in [-0.05, 0) is 24.3 Å². The topological polar surface area (TPSA) is 79.8 Å². The molecule has 0 aliphatic carbocycles. The predicted octanol–water partition coefficient (Wildman–Crippen LogP) is 2.60. The molecule has 0 fully saturated rings. The lowest BCUT2D eigenvalue weighted by atomic mass is 10.3. The molecule has 0 saturated heterocycles. The summed E-state index contributed by atoms with van der Waals surface area (Å²) >= 11 is 1.39. The molecule has 0 saturated carbocycles. The first-order valence-corrected chi connectivity index (χ1v) is 10.9. The summed E-state index contributed by atoms with van der Waals surface area (Å²) in [5, 5.41) is 0.522. The summed E-state index contributed by atoms with van der Waals surface area (Å²) in [7, 11) is -0.813. The van der Waals surface area contributed by atoms with Gasteiger partial charge in [-0.25, -0.2) is 13.4 Å². The van der Waals surface area contributed by atoms with Gasteiger partial charge in [0, 0.05) is 14.2 Å². The molecule has 1 heterocycles. The van der Waals surface area contributed by atoms with Gasteiger partial charge in [-0.2, -0.15) is 4.31 Å². The number of benzene rings is 2. The minimum absolute atomic E-state index is 0.147. The van der Waals surface area contributed by atoms with E-state index in [-0.39, 0.29) is 23.9 Å². The molecule has 0 atom stereocenters. The molecular formula is C19H21N3O4S2. The molecular weight excluding hydrogens is 398 g/mol. The lowest BCUT2D eigenvalue weighted by Gasteiger charge is -2.23. The molecule has 28 heavy (non-hydrogen) atoms. The van der Waals surface area contributed by atoms with Gasteiger partial charge in [0.15, 0.2) is 5.13 Å². The van der Waals surface area contributed by atoms with Crippen LogP contribution in [0.5, 0.6) is 0 Å². The van der Waals surface area contributed by atoms with Gasteiger partial charge in [-0.15, -0.1) is 0 Å². The van der Waals surface area contributed by atoms with Gasteiger partial charge in [0.2, 0.25) is 15.9 Å². The van der Waals surface area contributed by atoms with Crippen molar-refractivity contribution in [1.82, 2.24) is 9.29 Å². The Morgan fingerprint density at radius 2 is 1.79 bits per heavy atom. The number of hydrogen-bond donors (Lipinski definition) is 0. The molecule has 0 radical (unpaired) electrons. The molecule has 148 valence electrons. The van der Waals surface area contributed by atoms with Crippen LogP contribution in [0.1, 0.15) is 0 Å². The number of methoxy groups -OCH3 is 1. The summed E-state index contributed by atoms with van der Waals surface area (Å²) < 4.78 is 32.5. The average Bonchev–Trinajstić information content (AvgIpc) is 3.12. The Bertz CT molecular complexity index is 1020. The van der Waals surface area contributed by atoms with Crippen molar-refractivity contribution in [1.29, 1.82) is 0 Å². The van der Waals surface area contributed by atoms with Crippen molar-refractivity contribution < 1.29 is 17.9 Å². The van der Waals surface area contributed by atoms with Gasteiger partial charge >= 0.3 is 0 Å². The summed E-state index contributed by atoms with van der Waals surface area (Å²) in [4.78, 5) is 19.1. The molecule has 2 aromatic carbocycles. The summed E-state index contributed by atoms with van der Waals surface area (Å²) in [5.74, 6) is -0.363. The second-order valence-electron chi connectivity index (χ2n) is 6.08. The Morgan fingerprint density at radius 1 is 1.11 bits per heavy atom. The van der Waals surface area contributed by atoms with E-state index in [2.05, 4.69) is 4.98 Å². The number of carbonyl (C=O) groups excluding carboxylic acids is 1. The largest absolute Gasteiger partial charge is 0.383 e. The van der Waals surface area contributed by atoms with Gasteiger partial charge in [0.25, 0.3) is 0 Å². The number of fused-ring (bicyclic) bond motifs is 1. The Balaban J connectivity index is 1.83. The van der Waals surface area contributed by atoms with Crippen molar-refractivity contribution in [2.75, 3.05) is 38.8 Å². The molecule has 1 amide bonds. The van der Waals surface area contributed by atoms with Crippen LogP contribution in [0.15, 0.2) is 59.5 Å². The van der Waals surface area contributed by atoms with Gasteiger partial charge in [-0.1, -0.05) is 41.7 Å². The third-order valence-electron chi connectivity index (χ3n) is 4.14. The van der Waals surface area contributed by atoms with Crippen LogP contribution in [0.3, 0.4) is 0 Å². The van der Waals surface area contributed by atoms with Crippen LogP contribution in [0, 0.1) is 0 Å². The van der Waals surface area contributed by atoms with Crippen LogP contribution in [0.4, 0.5) is 5.13 Å². The highest BCUT2D eigenvalue weighted by molar-refractivity contribution is 7.89. The van der Waals surface area contributed by atoms with Gasteiger partial charge in [0.05, 0.1) is 34.8 Å². The van der Waals surface area contributed by atoms with E-state index in [1.807, 2.05) is 24.3 Å². The van der Waals surface area contributed by atoms with Crippen molar-refractivity contribution in [2.24, 2.45) is 0 Å². The second kappa shape index (κ2) is 8.78. The van der Waals surface area contributed by atoms with Crippen LogP contribution in [-0.2, 0) is 19.6 Å². The molecule has 0 aliphatic heterocycles. The Hall–Kier alpha value is -2.33. The lowest BCUT2D eigenvalue weighted by molar-refractivity contribution is -0.118. The summed E-state index contributed by atoms with van der Waals surface area (Å²) in [5.41, 5.74) is 0.794. The van der Waals surface area contributed by atoms with Gasteiger partial charge in [-0.3, -0.25) is 9.69 Å². The second-order valence-corrected chi connectivity index (χ2v) is 9.13. The normalized spacial score (nSPS) is 11.8. The minimum Gasteiger partial charge on any atom is -0.383 e. The van der Waals surface area contributed by atoms with E-state index in [1.54, 1.807) is 25.3 Å². The molecule has 0 N–H and O–H groups in total.